The molecule has 0 bridgehead atoms. The Hall–Kier alpha value is -2.05. The monoisotopic (exact) mass is 289 g/mol. The first-order valence-corrected chi connectivity index (χ1v) is 7.23. The first-order valence-electron chi connectivity index (χ1n) is 7.23. The lowest BCUT2D eigenvalue weighted by Crippen LogP contribution is -2.28. The number of hydrogen-bond donors (Lipinski definition) is 0. The Kier molecular flexibility index (Phi) is 2.70. The lowest BCUT2D eigenvalue weighted by molar-refractivity contribution is 0.136. The molecule has 6 nitrogen and oxygen atoms in total. The van der Waals surface area contributed by atoms with Gasteiger partial charge in [-0.25, -0.2) is 14.4 Å². The fourth-order valence-corrected chi connectivity index (χ4v) is 3.22. The maximum absolute atomic E-state index is 15.1. The zero-order chi connectivity index (χ0) is 14.4. The van der Waals surface area contributed by atoms with Crippen molar-refractivity contribution in [3.63, 3.8) is 0 Å². The van der Waals surface area contributed by atoms with Crippen molar-refractivity contribution in [1.29, 1.82) is 0 Å². The minimum Gasteiger partial charge on any atom is -0.352 e. The van der Waals surface area contributed by atoms with Gasteiger partial charge in [-0.2, -0.15) is 4.98 Å². The van der Waals surface area contributed by atoms with Crippen LogP contribution in [0.5, 0.6) is 0 Å². The number of halogens is 1. The molecule has 4 rings (SSSR count). The molecule has 1 unspecified atom stereocenters. The van der Waals surface area contributed by atoms with E-state index in [1.54, 1.807) is 13.3 Å². The third-order valence-electron chi connectivity index (χ3n) is 4.28. The summed E-state index contributed by atoms with van der Waals surface area (Å²) in [5, 5.41) is 3.69. The summed E-state index contributed by atoms with van der Waals surface area (Å²) < 4.78 is 20.1. The van der Waals surface area contributed by atoms with Crippen LogP contribution in [0.2, 0.25) is 0 Å². The van der Waals surface area contributed by atoms with Crippen LogP contribution in [0.4, 0.5) is 10.2 Å². The van der Waals surface area contributed by atoms with Gasteiger partial charge in [-0.05, 0) is 26.2 Å². The van der Waals surface area contributed by atoms with E-state index < -0.39 is 5.67 Å². The molecule has 0 radical (unpaired) electrons. The molecule has 0 aromatic carbocycles. The van der Waals surface area contributed by atoms with Gasteiger partial charge in [0.25, 0.3) is 5.89 Å². The van der Waals surface area contributed by atoms with E-state index in [0.29, 0.717) is 18.8 Å². The third-order valence-corrected chi connectivity index (χ3v) is 4.28. The maximum atomic E-state index is 15.1. The van der Waals surface area contributed by atoms with Crippen molar-refractivity contribution >= 4 is 5.82 Å². The zero-order valence-corrected chi connectivity index (χ0v) is 11.8. The van der Waals surface area contributed by atoms with Gasteiger partial charge in [-0.3, -0.25) is 0 Å². The van der Waals surface area contributed by atoms with E-state index in [1.807, 2.05) is 4.90 Å². The Balaban J connectivity index is 1.64. The molecule has 1 atom stereocenters. The summed E-state index contributed by atoms with van der Waals surface area (Å²) in [7, 11) is 0. The van der Waals surface area contributed by atoms with Crippen molar-refractivity contribution in [3.05, 3.63) is 29.3 Å². The number of alkyl halides is 1. The largest absolute Gasteiger partial charge is 0.352 e. The lowest BCUT2D eigenvalue weighted by atomic mass is 10.1. The average molecular weight is 289 g/mol. The summed E-state index contributed by atoms with van der Waals surface area (Å²) in [6.45, 7) is 2.50. The SMILES string of the molecule is Cc1noc(C2(F)CCN(c3ncnc4c3CCC4)C2)n1. The highest BCUT2D eigenvalue weighted by Crippen LogP contribution is 2.39. The van der Waals surface area contributed by atoms with Crippen molar-refractivity contribution in [2.24, 2.45) is 0 Å². The predicted octanol–water partition coefficient (Wildman–Crippen LogP) is 1.73. The smallest absolute Gasteiger partial charge is 0.266 e. The van der Waals surface area contributed by atoms with Crippen molar-refractivity contribution in [2.75, 3.05) is 18.0 Å². The Bertz CT molecular complexity index is 688. The molecule has 2 aromatic rings. The van der Waals surface area contributed by atoms with Crippen LogP contribution in [0.1, 0.15) is 35.8 Å². The first-order chi connectivity index (χ1) is 10.2. The molecule has 2 aromatic heterocycles. The highest BCUT2D eigenvalue weighted by atomic mass is 19.1. The Morgan fingerprint density at radius 1 is 1.33 bits per heavy atom. The van der Waals surface area contributed by atoms with Gasteiger partial charge in [0.2, 0.25) is 5.67 Å². The van der Waals surface area contributed by atoms with Gasteiger partial charge in [-0.15, -0.1) is 0 Å². The normalized spacial score (nSPS) is 24.6. The molecular weight excluding hydrogens is 273 g/mol. The minimum atomic E-state index is -1.59. The number of anilines is 1. The van der Waals surface area contributed by atoms with Crippen molar-refractivity contribution < 1.29 is 8.91 Å². The van der Waals surface area contributed by atoms with Crippen LogP contribution in [0.3, 0.4) is 0 Å². The highest BCUT2D eigenvalue weighted by Gasteiger charge is 2.46. The Morgan fingerprint density at radius 2 is 2.24 bits per heavy atom. The molecule has 1 aliphatic heterocycles. The molecule has 7 heteroatoms. The number of rotatable bonds is 2. The quantitative estimate of drug-likeness (QED) is 0.838. The van der Waals surface area contributed by atoms with Gasteiger partial charge >= 0.3 is 0 Å². The number of aromatic nitrogens is 4. The van der Waals surface area contributed by atoms with E-state index in [2.05, 4.69) is 20.1 Å². The number of fused-ring (bicyclic) bond motifs is 1. The van der Waals surface area contributed by atoms with E-state index in [1.165, 1.54) is 5.56 Å². The number of hydrogen-bond acceptors (Lipinski definition) is 6. The van der Waals surface area contributed by atoms with Crippen LogP contribution in [-0.4, -0.2) is 33.2 Å². The van der Waals surface area contributed by atoms with Crippen LogP contribution in [0, 0.1) is 6.92 Å². The second-order valence-corrected chi connectivity index (χ2v) is 5.76. The second kappa shape index (κ2) is 4.47. The molecule has 0 saturated carbocycles. The zero-order valence-electron chi connectivity index (χ0n) is 11.8. The fourth-order valence-electron chi connectivity index (χ4n) is 3.22. The predicted molar refractivity (Wildman–Crippen MR) is 72.7 cm³/mol. The molecule has 0 N–H and O–H groups in total. The average Bonchev–Trinajstić information content (AvgIpc) is 3.17. The molecular formula is C14H16FN5O. The van der Waals surface area contributed by atoms with Crippen LogP contribution in [-0.2, 0) is 18.5 Å². The summed E-state index contributed by atoms with van der Waals surface area (Å²) in [5.41, 5.74) is 0.686. The summed E-state index contributed by atoms with van der Waals surface area (Å²) >= 11 is 0. The van der Waals surface area contributed by atoms with Gasteiger partial charge < -0.3 is 9.42 Å². The highest BCUT2D eigenvalue weighted by molar-refractivity contribution is 5.51. The third kappa shape index (κ3) is 1.99. The Labute approximate surface area is 121 Å². The fraction of sp³-hybridized carbons (Fsp3) is 0.571. The van der Waals surface area contributed by atoms with Crippen molar-refractivity contribution in [3.8, 4) is 0 Å². The lowest BCUT2D eigenvalue weighted by Gasteiger charge is -2.21. The van der Waals surface area contributed by atoms with Crippen molar-refractivity contribution in [2.45, 2.75) is 38.3 Å². The van der Waals surface area contributed by atoms with E-state index >= 15 is 4.39 Å². The van der Waals surface area contributed by atoms with Gasteiger partial charge in [0.1, 0.15) is 12.1 Å². The van der Waals surface area contributed by atoms with E-state index in [-0.39, 0.29) is 12.4 Å². The molecule has 3 heterocycles. The molecule has 1 fully saturated rings. The van der Waals surface area contributed by atoms with Gasteiger partial charge in [0.15, 0.2) is 5.82 Å². The Morgan fingerprint density at radius 3 is 3.05 bits per heavy atom. The summed E-state index contributed by atoms with van der Waals surface area (Å²) in [5.74, 6) is 1.41. The molecule has 1 saturated heterocycles. The number of aryl methyl sites for hydroxylation is 2. The van der Waals surface area contributed by atoms with Crippen LogP contribution >= 0.6 is 0 Å². The van der Waals surface area contributed by atoms with Gasteiger partial charge in [-0.1, -0.05) is 5.16 Å². The minimum absolute atomic E-state index is 0.0770. The van der Waals surface area contributed by atoms with Crippen LogP contribution < -0.4 is 4.90 Å². The molecule has 0 spiro atoms. The van der Waals surface area contributed by atoms with E-state index in [4.69, 9.17) is 4.52 Å². The summed E-state index contributed by atoms with van der Waals surface area (Å²) in [6, 6.07) is 0. The van der Waals surface area contributed by atoms with Gasteiger partial charge in [0.05, 0.1) is 6.54 Å². The molecule has 110 valence electrons. The van der Waals surface area contributed by atoms with Gasteiger partial charge in [0, 0.05) is 24.2 Å². The van der Waals surface area contributed by atoms with Crippen LogP contribution in [0.25, 0.3) is 0 Å². The molecule has 2 aliphatic rings. The maximum Gasteiger partial charge on any atom is 0.266 e. The number of nitrogens with zero attached hydrogens (tertiary/aromatic N) is 5. The summed E-state index contributed by atoms with van der Waals surface area (Å²) in [4.78, 5) is 14.7. The molecule has 1 aliphatic carbocycles. The standard InChI is InChI=1S/C14H16FN5O/c1-9-18-13(21-19-9)14(15)5-6-20(7-14)12-10-3-2-4-11(10)16-8-17-12/h8H,2-7H2,1H3. The molecule has 0 amide bonds. The second-order valence-electron chi connectivity index (χ2n) is 5.76. The van der Waals surface area contributed by atoms with Crippen LogP contribution in [0.15, 0.2) is 10.9 Å². The summed E-state index contributed by atoms with van der Waals surface area (Å²) in [6.07, 6.45) is 4.98. The topological polar surface area (TPSA) is 67.9 Å². The van der Waals surface area contributed by atoms with Crippen molar-refractivity contribution in [1.82, 2.24) is 20.1 Å². The van der Waals surface area contributed by atoms with E-state index in [0.717, 1.165) is 30.8 Å². The molecule has 21 heavy (non-hydrogen) atoms. The van der Waals surface area contributed by atoms with E-state index in [9.17, 15) is 0 Å². The first kappa shape index (κ1) is 12.7.